The summed E-state index contributed by atoms with van der Waals surface area (Å²) in [6, 6.07) is 4.31. The zero-order valence-corrected chi connectivity index (χ0v) is 15.7. The molecule has 0 spiro atoms. The molecule has 6 rings (SSSR count). The van der Waals surface area contributed by atoms with Crippen LogP contribution in [0.15, 0.2) is 18.5 Å². The van der Waals surface area contributed by atoms with Gasteiger partial charge in [-0.05, 0) is 31.7 Å². The fourth-order valence-corrected chi connectivity index (χ4v) is 5.63. The Morgan fingerprint density at radius 2 is 2.12 bits per heavy atom. The van der Waals surface area contributed by atoms with E-state index < -0.39 is 0 Å². The average molecular weight is 372 g/mol. The van der Waals surface area contributed by atoms with Gasteiger partial charge in [0.2, 0.25) is 0 Å². The quantitative estimate of drug-likeness (QED) is 0.787. The summed E-state index contributed by atoms with van der Waals surface area (Å²) < 4.78 is 9.61. The summed E-state index contributed by atoms with van der Waals surface area (Å²) in [4.78, 5) is 12.9. The van der Waals surface area contributed by atoms with E-state index in [0.29, 0.717) is 12.1 Å². The van der Waals surface area contributed by atoms with Gasteiger partial charge in [-0.2, -0.15) is 0 Å². The van der Waals surface area contributed by atoms with Crippen molar-refractivity contribution in [2.75, 3.05) is 31.1 Å². The van der Waals surface area contributed by atoms with E-state index in [1.54, 1.807) is 0 Å². The topological polar surface area (TPSA) is 56.4 Å². The van der Waals surface area contributed by atoms with Gasteiger partial charge in [-0.1, -0.05) is 11.9 Å². The number of anilines is 1. The van der Waals surface area contributed by atoms with E-state index >= 15 is 0 Å². The van der Waals surface area contributed by atoms with Crippen LogP contribution in [0.4, 0.5) is 5.69 Å². The zero-order chi connectivity index (χ0) is 17.1. The molecule has 3 fully saturated rings. The molecular weight excluding hydrogens is 346 g/mol. The highest BCUT2D eigenvalue weighted by atomic mass is 32.2. The first-order valence-corrected chi connectivity index (χ1v) is 10.7. The van der Waals surface area contributed by atoms with Gasteiger partial charge in [0, 0.05) is 48.0 Å². The molecule has 0 bridgehead atoms. The summed E-state index contributed by atoms with van der Waals surface area (Å²) in [7, 11) is 0. The van der Waals surface area contributed by atoms with Crippen molar-refractivity contribution in [3.8, 4) is 5.75 Å². The summed E-state index contributed by atoms with van der Waals surface area (Å²) in [6.45, 7) is 4.30. The molecule has 7 heteroatoms. The lowest BCUT2D eigenvalue weighted by molar-refractivity contribution is 0.179. The molecule has 4 heterocycles. The summed E-state index contributed by atoms with van der Waals surface area (Å²) >= 11 is 1.98. The number of H-pyrrole nitrogens is 1. The minimum Gasteiger partial charge on any atom is -0.488 e. The lowest BCUT2D eigenvalue weighted by atomic mass is 9.85. The van der Waals surface area contributed by atoms with Crippen LogP contribution in [-0.4, -0.2) is 64.5 Å². The molecule has 2 aromatic rings. The molecule has 2 saturated carbocycles. The van der Waals surface area contributed by atoms with Crippen LogP contribution in [0.1, 0.15) is 25.7 Å². The Morgan fingerprint density at radius 1 is 1.23 bits per heavy atom. The third kappa shape index (κ3) is 2.60. The predicted octanol–water partition coefficient (Wildman–Crippen LogP) is 2.38. The molecule has 0 atom stereocenters. The molecule has 2 aliphatic heterocycles. The second kappa shape index (κ2) is 6.04. The molecule has 0 unspecified atom stereocenters. The van der Waals surface area contributed by atoms with E-state index in [4.69, 9.17) is 4.74 Å². The average Bonchev–Trinajstić information content (AvgIpc) is 3.29. The van der Waals surface area contributed by atoms with Crippen molar-refractivity contribution in [3.63, 3.8) is 0 Å². The van der Waals surface area contributed by atoms with Crippen LogP contribution in [0.3, 0.4) is 0 Å². The first kappa shape index (κ1) is 15.6. The second-order valence-corrected chi connectivity index (χ2v) is 9.26. The van der Waals surface area contributed by atoms with E-state index in [1.165, 1.54) is 49.8 Å². The molecular formula is C19H25N5OS. The number of likely N-dealkylation sites (tertiary alicyclic amines) is 1. The molecule has 2 N–H and O–H groups in total. The van der Waals surface area contributed by atoms with Gasteiger partial charge in [0.1, 0.15) is 12.3 Å². The number of rotatable bonds is 5. The number of hydrogen-bond donors (Lipinski definition) is 2. The van der Waals surface area contributed by atoms with E-state index in [2.05, 4.69) is 30.6 Å². The maximum atomic E-state index is 5.87. The van der Waals surface area contributed by atoms with Crippen molar-refractivity contribution >= 4 is 28.7 Å². The minimum atomic E-state index is 0.612. The molecule has 6 nitrogen and oxygen atoms in total. The number of fused-ring (bicyclic) bond motifs is 3. The second-order valence-electron chi connectivity index (χ2n) is 8.12. The van der Waals surface area contributed by atoms with Gasteiger partial charge in [-0.25, -0.2) is 4.98 Å². The van der Waals surface area contributed by atoms with Crippen LogP contribution in [0, 0.1) is 0 Å². The molecule has 0 aromatic carbocycles. The molecule has 2 aromatic heterocycles. The normalized spacial score (nSPS) is 29.2. The van der Waals surface area contributed by atoms with Crippen molar-refractivity contribution in [2.24, 2.45) is 0 Å². The molecule has 0 radical (unpaired) electrons. The summed E-state index contributed by atoms with van der Waals surface area (Å²) in [6.07, 6.45) is 9.14. The SMILES string of the molecule is c1cc2c3c(cnc2[nH]1)OCCN3[C@H]1C[C@@H](NSC2CN(C3CC3)C2)C1. The largest absolute Gasteiger partial charge is 0.488 e. The van der Waals surface area contributed by atoms with E-state index in [-0.39, 0.29) is 0 Å². The van der Waals surface area contributed by atoms with Crippen LogP contribution in [-0.2, 0) is 0 Å². The number of aromatic amines is 1. The first-order valence-electron chi connectivity index (χ1n) is 9.86. The highest BCUT2D eigenvalue weighted by Crippen LogP contribution is 2.42. The number of pyridine rings is 1. The van der Waals surface area contributed by atoms with Gasteiger partial charge in [-0.15, -0.1) is 0 Å². The van der Waals surface area contributed by atoms with Crippen molar-refractivity contribution in [2.45, 2.75) is 49.1 Å². The standard InChI is InChI=1S/C19H25N5OS/c1-2-13(1)23-10-15(11-23)26-22-12-7-14(8-12)24-5-6-25-17-9-21-19-16(18(17)24)3-4-20-19/h3-4,9,12-15,22H,1-2,5-8,10-11H2,(H,20,21)/t12-,14+. The number of hydrogen-bond acceptors (Lipinski definition) is 6. The van der Waals surface area contributed by atoms with Gasteiger partial charge in [0.05, 0.1) is 18.4 Å². The van der Waals surface area contributed by atoms with Crippen molar-refractivity contribution < 1.29 is 4.74 Å². The van der Waals surface area contributed by atoms with Gasteiger partial charge < -0.3 is 14.6 Å². The fraction of sp³-hybridized carbons (Fsp3) is 0.632. The van der Waals surface area contributed by atoms with Gasteiger partial charge >= 0.3 is 0 Å². The Balaban J connectivity index is 1.07. The third-order valence-electron chi connectivity index (χ3n) is 6.30. The van der Waals surface area contributed by atoms with Crippen molar-refractivity contribution in [3.05, 3.63) is 18.5 Å². The number of nitrogens with zero attached hydrogens (tertiary/aromatic N) is 3. The summed E-state index contributed by atoms with van der Waals surface area (Å²) in [5, 5.41) is 1.98. The lowest BCUT2D eigenvalue weighted by Crippen LogP contribution is -2.55. The van der Waals surface area contributed by atoms with Gasteiger partial charge in [0.25, 0.3) is 0 Å². The van der Waals surface area contributed by atoms with Crippen LogP contribution < -0.4 is 14.4 Å². The van der Waals surface area contributed by atoms with Crippen LogP contribution in [0.5, 0.6) is 5.75 Å². The predicted molar refractivity (Wildman–Crippen MR) is 105 cm³/mol. The molecule has 2 aliphatic carbocycles. The Hall–Kier alpha value is -1.44. The van der Waals surface area contributed by atoms with E-state index in [0.717, 1.165) is 35.8 Å². The van der Waals surface area contributed by atoms with Crippen molar-refractivity contribution in [1.29, 1.82) is 0 Å². The van der Waals surface area contributed by atoms with Crippen LogP contribution in [0.25, 0.3) is 11.0 Å². The van der Waals surface area contributed by atoms with Crippen molar-refractivity contribution in [1.82, 2.24) is 19.6 Å². The summed E-state index contributed by atoms with van der Waals surface area (Å²) in [5.41, 5.74) is 2.19. The zero-order valence-electron chi connectivity index (χ0n) is 14.9. The Morgan fingerprint density at radius 3 is 2.96 bits per heavy atom. The summed E-state index contributed by atoms with van der Waals surface area (Å²) in [5.74, 6) is 0.934. The monoisotopic (exact) mass is 371 g/mol. The Labute approximate surface area is 157 Å². The Bertz CT molecular complexity index is 809. The van der Waals surface area contributed by atoms with Gasteiger partial charge in [-0.3, -0.25) is 9.62 Å². The third-order valence-corrected chi connectivity index (χ3v) is 7.40. The highest BCUT2D eigenvalue weighted by Gasteiger charge is 2.40. The molecule has 1 saturated heterocycles. The van der Waals surface area contributed by atoms with E-state index in [1.807, 2.05) is 24.3 Å². The minimum absolute atomic E-state index is 0.612. The smallest absolute Gasteiger partial charge is 0.161 e. The first-order chi connectivity index (χ1) is 12.8. The fourth-order valence-electron chi connectivity index (χ4n) is 4.52. The molecule has 4 aliphatic rings. The van der Waals surface area contributed by atoms with Gasteiger partial charge in [0.15, 0.2) is 5.75 Å². The maximum Gasteiger partial charge on any atom is 0.161 e. The van der Waals surface area contributed by atoms with Crippen LogP contribution in [0.2, 0.25) is 0 Å². The van der Waals surface area contributed by atoms with Crippen LogP contribution >= 0.6 is 11.9 Å². The highest BCUT2D eigenvalue weighted by molar-refractivity contribution is 7.98. The Kier molecular flexibility index (Phi) is 3.62. The molecule has 26 heavy (non-hydrogen) atoms. The number of aromatic nitrogens is 2. The number of ether oxygens (including phenoxy) is 1. The maximum absolute atomic E-state index is 5.87. The van der Waals surface area contributed by atoms with E-state index in [9.17, 15) is 0 Å². The molecule has 0 amide bonds. The molecule has 138 valence electrons. The number of nitrogens with one attached hydrogen (secondary N) is 2. The lowest BCUT2D eigenvalue weighted by Gasteiger charge is -2.47.